The maximum Gasteiger partial charge on any atom is 0.321 e. The van der Waals surface area contributed by atoms with Gasteiger partial charge in [0.2, 0.25) is 5.95 Å². The van der Waals surface area contributed by atoms with Crippen LogP contribution in [0.4, 0.5) is 10.7 Å². The van der Waals surface area contributed by atoms with Crippen LogP contribution in [0.2, 0.25) is 0 Å². The van der Waals surface area contributed by atoms with E-state index >= 15 is 0 Å². The predicted octanol–water partition coefficient (Wildman–Crippen LogP) is 2.03. The van der Waals surface area contributed by atoms with Gasteiger partial charge in [-0.3, -0.25) is 14.9 Å². The molecule has 9 heteroatoms. The number of amides is 3. The number of piperidine rings is 1. The van der Waals surface area contributed by atoms with E-state index in [0.717, 1.165) is 19.3 Å². The van der Waals surface area contributed by atoms with E-state index in [9.17, 15) is 14.4 Å². The first-order chi connectivity index (χ1) is 15.5. The van der Waals surface area contributed by atoms with Gasteiger partial charge in [-0.15, -0.1) is 0 Å². The third-order valence-corrected chi connectivity index (χ3v) is 7.68. The number of anilines is 1. The van der Waals surface area contributed by atoms with Crippen LogP contribution in [0.5, 0.6) is 0 Å². The molecule has 5 fully saturated rings. The van der Waals surface area contributed by atoms with Crippen LogP contribution in [0.3, 0.4) is 0 Å². The van der Waals surface area contributed by atoms with E-state index in [4.69, 9.17) is 4.74 Å². The first-order valence-corrected chi connectivity index (χ1v) is 11.8. The van der Waals surface area contributed by atoms with Gasteiger partial charge in [-0.25, -0.2) is 14.8 Å². The fourth-order valence-electron chi connectivity index (χ4n) is 6.72. The van der Waals surface area contributed by atoms with E-state index in [1.54, 1.807) is 18.5 Å². The summed E-state index contributed by atoms with van der Waals surface area (Å²) in [6.45, 7) is 0.877. The summed E-state index contributed by atoms with van der Waals surface area (Å²) in [6.07, 6.45) is 11.5. The Kier molecular flexibility index (Phi) is 5.73. The van der Waals surface area contributed by atoms with E-state index in [1.807, 2.05) is 4.90 Å². The second-order valence-corrected chi connectivity index (χ2v) is 10.1. The number of ether oxygens (including phenoxy) is 1. The Balaban J connectivity index is 1.04. The van der Waals surface area contributed by atoms with Crippen LogP contribution < -0.4 is 15.5 Å². The molecule has 32 heavy (non-hydrogen) atoms. The molecule has 2 heterocycles. The molecule has 0 unspecified atom stereocenters. The minimum absolute atomic E-state index is 0.160. The van der Waals surface area contributed by atoms with Crippen LogP contribution in [0, 0.1) is 23.7 Å². The van der Waals surface area contributed by atoms with Gasteiger partial charge in [-0.1, -0.05) is 0 Å². The number of rotatable bonds is 5. The van der Waals surface area contributed by atoms with Crippen molar-refractivity contribution in [3.8, 4) is 0 Å². The summed E-state index contributed by atoms with van der Waals surface area (Å²) >= 11 is 0. The minimum atomic E-state index is -0.587. The van der Waals surface area contributed by atoms with E-state index < -0.39 is 24.5 Å². The smallest absolute Gasteiger partial charge is 0.321 e. The fourth-order valence-corrected chi connectivity index (χ4v) is 6.72. The third kappa shape index (κ3) is 4.56. The molecular weight excluding hydrogens is 410 g/mol. The van der Waals surface area contributed by atoms with E-state index in [0.29, 0.717) is 49.6 Å². The first kappa shape index (κ1) is 21.2. The van der Waals surface area contributed by atoms with E-state index in [1.165, 1.54) is 19.3 Å². The van der Waals surface area contributed by atoms with Crippen molar-refractivity contribution in [3.05, 3.63) is 18.5 Å². The molecule has 1 aromatic rings. The number of nitrogens with one attached hydrogen (secondary N) is 2. The number of hydrogen-bond donors (Lipinski definition) is 2. The maximum atomic E-state index is 12.5. The van der Waals surface area contributed by atoms with Gasteiger partial charge in [0.25, 0.3) is 5.91 Å². The molecule has 3 amide bonds. The number of aromatic nitrogens is 2. The standard InChI is InChI=1S/C23H31N5O4/c29-19(26-22(31)27-23-11-15-8-16(12-23)10-17(9-15)13-23)14-32-20(30)18-2-6-28(7-3-18)21-24-4-1-5-25-21/h1,4-5,15-18H,2-3,6-14H2,(H2,26,27,29,31). The zero-order valence-corrected chi connectivity index (χ0v) is 18.3. The molecule has 1 saturated heterocycles. The molecule has 4 saturated carbocycles. The average Bonchev–Trinajstić information content (AvgIpc) is 2.77. The van der Waals surface area contributed by atoms with Crippen molar-refractivity contribution in [2.24, 2.45) is 23.7 Å². The molecule has 2 N–H and O–H groups in total. The largest absolute Gasteiger partial charge is 0.455 e. The lowest BCUT2D eigenvalue weighted by Gasteiger charge is -2.56. The highest BCUT2D eigenvalue weighted by Gasteiger charge is 2.51. The highest BCUT2D eigenvalue weighted by Crippen LogP contribution is 2.55. The topological polar surface area (TPSA) is 114 Å². The summed E-state index contributed by atoms with van der Waals surface area (Å²) in [4.78, 5) is 47.5. The Morgan fingerprint density at radius 2 is 1.59 bits per heavy atom. The Hall–Kier alpha value is -2.71. The molecule has 172 valence electrons. The Labute approximate surface area is 187 Å². The minimum Gasteiger partial charge on any atom is -0.455 e. The van der Waals surface area contributed by atoms with Crippen LogP contribution in [0.15, 0.2) is 18.5 Å². The summed E-state index contributed by atoms with van der Waals surface area (Å²) < 4.78 is 5.20. The number of urea groups is 1. The van der Waals surface area contributed by atoms with Crippen LogP contribution in [0.1, 0.15) is 51.4 Å². The summed E-state index contributed by atoms with van der Waals surface area (Å²) in [6, 6.07) is 1.30. The van der Waals surface area contributed by atoms with Crippen molar-refractivity contribution in [2.75, 3.05) is 24.6 Å². The molecule has 5 aliphatic rings. The lowest BCUT2D eigenvalue weighted by atomic mass is 9.53. The van der Waals surface area contributed by atoms with Gasteiger partial charge in [0, 0.05) is 31.0 Å². The van der Waals surface area contributed by atoms with Gasteiger partial charge in [-0.05, 0) is 75.2 Å². The SMILES string of the molecule is O=C(COC(=O)C1CCN(c2ncccn2)CC1)NC(=O)NC12CC3CC(CC(C3)C1)C2. The number of imide groups is 1. The number of carbonyl (C=O) groups is 3. The molecule has 0 atom stereocenters. The Morgan fingerprint density at radius 1 is 1.00 bits per heavy atom. The molecule has 4 bridgehead atoms. The lowest BCUT2D eigenvalue weighted by Crippen LogP contribution is -2.62. The highest BCUT2D eigenvalue weighted by molar-refractivity contribution is 5.95. The van der Waals surface area contributed by atoms with Crippen molar-refractivity contribution in [3.63, 3.8) is 0 Å². The monoisotopic (exact) mass is 441 g/mol. The van der Waals surface area contributed by atoms with Gasteiger partial charge >= 0.3 is 12.0 Å². The maximum absolute atomic E-state index is 12.5. The number of nitrogens with zero attached hydrogens (tertiary/aromatic N) is 3. The second-order valence-electron chi connectivity index (χ2n) is 10.1. The van der Waals surface area contributed by atoms with Gasteiger partial charge in [0.15, 0.2) is 6.61 Å². The van der Waals surface area contributed by atoms with Gasteiger partial charge in [0.1, 0.15) is 0 Å². The zero-order valence-electron chi connectivity index (χ0n) is 18.3. The molecule has 4 aliphatic carbocycles. The Morgan fingerprint density at radius 3 is 2.19 bits per heavy atom. The van der Waals surface area contributed by atoms with Crippen LogP contribution in [-0.2, 0) is 14.3 Å². The highest BCUT2D eigenvalue weighted by atomic mass is 16.5. The molecule has 6 rings (SSSR count). The van der Waals surface area contributed by atoms with Crippen molar-refractivity contribution >= 4 is 23.9 Å². The zero-order chi connectivity index (χ0) is 22.1. The van der Waals surface area contributed by atoms with E-state index in [-0.39, 0.29) is 11.5 Å². The second kappa shape index (κ2) is 8.67. The van der Waals surface area contributed by atoms with E-state index in [2.05, 4.69) is 20.6 Å². The molecule has 0 aromatic carbocycles. The number of esters is 1. The summed E-state index contributed by atoms with van der Waals surface area (Å²) in [5, 5.41) is 5.45. The van der Waals surface area contributed by atoms with Crippen LogP contribution >= 0.6 is 0 Å². The molecule has 9 nitrogen and oxygen atoms in total. The molecule has 1 aromatic heterocycles. The van der Waals surface area contributed by atoms with Crippen molar-refractivity contribution in [2.45, 2.75) is 56.9 Å². The molecule has 0 radical (unpaired) electrons. The quantitative estimate of drug-likeness (QED) is 0.672. The first-order valence-electron chi connectivity index (χ1n) is 11.8. The van der Waals surface area contributed by atoms with Crippen molar-refractivity contribution in [1.82, 2.24) is 20.6 Å². The normalized spacial score (nSPS) is 31.2. The van der Waals surface area contributed by atoms with Gasteiger partial charge in [0.05, 0.1) is 5.92 Å². The average molecular weight is 442 g/mol. The third-order valence-electron chi connectivity index (χ3n) is 7.68. The molecular formula is C23H31N5O4. The molecule has 0 spiro atoms. The Bertz CT molecular complexity index is 833. The van der Waals surface area contributed by atoms with Crippen LogP contribution in [0.25, 0.3) is 0 Å². The predicted molar refractivity (Wildman–Crippen MR) is 116 cm³/mol. The lowest BCUT2D eigenvalue weighted by molar-refractivity contribution is -0.153. The van der Waals surface area contributed by atoms with Crippen molar-refractivity contribution < 1.29 is 19.1 Å². The fraction of sp³-hybridized carbons (Fsp3) is 0.696. The van der Waals surface area contributed by atoms with Crippen molar-refractivity contribution in [1.29, 1.82) is 0 Å². The molecule has 1 aliphatic heterocycles. The number of carbonyl (C=O) groups excluding carboxylic acids is 3. The number of hydrogen-bond acceptors (Lipinski definition) is 7. The van der Waals surface area contributed by atoms with Gasteiger partial charge < -0.3 is 15.0 Å². The summed E-state index contributed by atoms with van der Waals surface area (Å²) in [7, 11) is 0. The summed E-state index contributed by atoms with van der Waals surface area (Å²) in [5.41, 5.74) is -0.160. The van der Waals surface area contributed by atoms with Gasteiger partial charge in [-0.2, -0.15) is 0 Å². The summed E-state index contributed by atoms with van der Waals surface area (Å²) in [5.74, 6) is 1.53. The van der Waals surface area contributed by atoms with Crippen LogP contribution in [-0.4, -0.2) is 53.1 Å².